The molecule has 0 aromatic heterocycles. The molecule has 0 fully saturated rings. The Balaban J connectivity index is 2.90. The first-order valence-electron chi connectivity index (χ1n) is 7.42. The summed E-state index contributed by atoms with van der Waals surface area (Å²) in [4.78, 5) is 10.6. The lowest BCUT2D eigenvalue weighted by Gasteiger charge is -2.29. The zero-order valence-electron chi connectivity index (χ0n) is 13.6. The monoisotopic (exact) mass is 294 g/mol. The number of nitrogens with zero attached hydrogens (tertiary/aromatic N) is 1. The van der Waals surface area contributed by atoms with Crippen LogP contribution in [0.4, 0.5) is 11.4 Å². The van der Waals surface area contributed by atoms with Gasteiger partial charge in [0.25, 0.3) is 5.69 Å². The number of benzene rings is 1. The van der Waals surface area contributed by atoms with Gasteiger partial charge in [0.05, 0.1) is 17.6 Å². The Kier molecular flexibility index (Phi) is 6.00. The SMILES string of the molecule is CCCOc1cc(NCC(C)(C)C(C)C)cc([N+](=O)[O-])c1. The van der Waals surface area contributed by atoms with E-state index in [-0.39, 0.29) is 11.1 Å². The molecule has 0 radical (unpaired) electrons. The van der Waals surface area contributed by atoms with Gasteiger partial charge in [-0.15, -0.1) is 0 Å². The molecule has 0 bridgehead atoms. The highest BCUT2D eigenvalue weighted by Gasteiger charge is 2.22. The van der Waals surface area contributed by atoms with Crippen LogP contribution < -0.4 is 10.1 Å². The van der Waals surface area contributed by atoms with Crippen LogP contribution in [0.5, 0.6) is 5.75 Å². The summed E-state index contributed by atoms with van der Waals surface area (Å²) in [5, 5.41) is 14.3. The maximum absolute atomic E-state index is 11.0. The molecule has 0 unspecified atom stereocenters. The number of rotatable bonds is 8. The van der Waals surface area contributed by atoms with Gasteiger partial charge in [0.1, 0.15) is 5.75 Å². The molecule has 0 saturated carbocycles. The predicted molar refractivity (Wildman–Crippen MR) is 86.0 cm³/mol. The van der Waals surface area contributed by atoms with E-state index in [0.29, 0.717) is 18.3 Å². The van der Waals surface area contributed by atoms with Gasteiger partial charge in [-0.3, -0.25) is 10.1 Å². The number of nitro benzene ring substituents is 1. The maximum atomic E-state index is 11.0. The van der Waals surface area contributed by atoms with E-state index in [9.17, 15) is 10.1 Å². The lowest BCUT2D eigenvalue weighted by Crippen LogP contribution is -2.28. The lowest BCUT2D eigenvalue weighted by molar-refractivity contribution is -0.384. The Morgan fingerprint density at radius 1 is 1.33 bits per heavy atom. The molecule has 1 aromatic carbocycles. The van der Waals surface area contributed by atoms with Crippen LogP contribution in [0.2, 0.25) is 0 Å². The highest BCUT2D eigenvalue weighted by atomic mass is 16.6. The number of nitrogens with one attached hydrogen (secondary N) is 1. The van der Waals surface area contributed by atoms with E-state index in [1.165, 1.54) is 6.07 Å². The van der Waals surface area contributed by atoms with Crippen molar-refractivity contribution in [3.05, 3.63) is 28.3 Å². The van der Waals surface area contributed by atoms with Gasteiger partial charge >= 0.3 is 0 Å². The van der Waals surface area contributed by atoms with Gasteiger partial charge in [-0.1, -0.05) is 34.6 Å². The molecule has 0 heterocycles. The minimum atomic E-state index is -0.391. The number of anilines is 1. The Morgan fingerprint density at radius 3 is 2.52 bits per heavy atom. The molecule has 0 amide bonds. The summed E-state index contributed by atoms with van der Waals surface area (Å²) in [5.74, 6) is 1.05. The van der Waals surface area contributed by atoms with Crippen LogP contribution in [0.25, 0.3) is 0 Å². The van der Waals surface area contributed by atoms with E-state index in [0.717, 1.165) is 18.7 Å². The van der Waals surface area contributed by atoms with Gasteiger partial charge in [0.2, 0.25) is 0 Å². The second-order valence-electron chi connectivity index (χ2n) is 6.32. The molecule has 0 aliphatic rings. The van der Waals surface area contributed by atoms with Crippen LogP contribution in [0.3, 0.4) is 0 Å². The summed E-state index contributed by atoms with van der Waals surface area (Å²) >= 11 is 0. The van der Waals surface area contributed by atoms with E-state index >= 15 is 0 Å². The first kappa shape index (κ1) is 17.3. The van der Waals surface area contributed by atoms with Crippen molar-refractivity contribution in [3.8, 4) is 5.75 Å². The predicted octanol–water partition coefficient (Wildman–Crippen LogP) is 4.48. The van der Waals surface area contributed by atoms with Crippen molar-refractivity contribution in [2.45, 2.75) is 41.0 Å². The molecule has 0 spiro atoms. The lowest BCUT2D eigenvalue weighted by atomic mass is 9.81. The zero-order valence-corrected chi connectivity index (χ0v) is 13.6. The van der Waals surface area contributed by atoms with Crippen LogP contribution in [-0.4, -0.2) is 18.1 Å². The molecule has 118 valence electrons. The summed E-state index contributed by atoms with van der Waals surface area (Å²) in [6.07, 6.45) is 0.867. The van der Waals surface area contributed by atoms with Crippen molar-refractivity contribution in [3.63, 3.8) is 0 Å². The van der Waals surface area contributed by atoms with Crippen molar-refractivity contribution in [1.82, 2.24) is 0 Å². The Morgan fingerprint density at radius 2 is 2.00 bits per heavy atom. The minimum absolute atomic E-state index is 0.0495. The molecule has 0 saturated heterocycles. The highest BCUT2D eigenvalue weighted by molar-refractivity contribution is 5.56. The van der Waals surface area contributed by atoms with Gasteiger partial charge in [0.15, 0.2) is 0 Å². The fourth-order valence-corrected chi connectivity index (χ4v) is 1.63. The number of nitro groups is 1. The fourth-order valence-electron chi connectivity index (χ4n) is 1.63. The molecule has 0 atom stereocenters. The second kappa shape index (κ2) is 7.29. The molecule has 0 aliphatic carbocycles. The normalized spacial score (nSPS) is 11.5. The van der Waals surface area contributed by atoms with Crippen LogP contribution in [-0.2, 0) is 0 Å². The van der Waals surface area contributed by atoms with E-state index in [1.54, 1.807) is 6.07 Å². The molecule has 5 heteroatoms. The molecule has 1 N–H and O–H groups in total. The Labute approximate surface area is 126 Å². The van der Waals surface area contributed by atoms with Crippen LogP contribution in [0.1, 0.15) is 41.0 Å². The van der Waals surface area contributed by atoms with E-state index < -0.39 is 4.92 Å². The summed E-state index contributed by atoms with van der Waals surface area (Å²) < 4.78 is 5.52. The number of hydrogen-bond acceptors (Lipinski definition) is 4. The average Bonchev–Trinajstić information content (AvgIpc) is 2.42. The van der Waals surface area contributed by atoms with E-state index in [2.05, 4.69) is 33.0 Å². The second-order valence-corrected chi connectivity index (χ2v) is 6.32. The first-order valence-corrected chi connectivity index (χ1v) is 7.42. The van der Waals surface area contributed by atoms with Crippen LogP contribution in [0.15, 0.2) is 18.2 Å². The fraction of sp³-hybridized carbons (Fsp3) is 0.625. The number of non-ortho nitro benzene ring substituents is 1. The quantitative estimate of drug-likeness (QED) is 0.567. The van der Waals surface area contributed by atoms with Gasteiger partial charge < -0.3 is 10.1 Å². The molecule has 1 rings (SSSR count). The van der Waals surface area contributed by atoms with Crippen molar-refractivity contribution in [2.24, 2.45) is 11.3 Å². The average molecular weight is 294 g/mol. The van der Waals surface area contributed by atoms with Gasteiger partial charge in [0, 0.05) is 24.4 Å². The third-order valence-electron chi connectivity index (χ3n) is 3.89. The standard InChI is InChI=1S/C16H26N2O3/c1-6-7-21-15-9-13(8-14(10-15)18(19)20)17-11-16(4,5)12(2)3/h8-10,12,17H,6-7,11H2,1-5H3. The van der Waals surface area contributed by atoms with Gasteiger partial charge in [-0.2, -0.15) is 0 Å². The topological polar surface area (TPSA) is 64.4 Å². The summed E-state index contributed by atoms with van der Waals surface area (Å²) in [6.45, 7) is 12.0. The van der Waals surface area contributed by atoms with Crippen LogP contribution in [0, 0.1) is 21.4 Å². The number of ether oxygens (including phenoxy) is 1. The summed E-state index contributed by atoms with van der Waals surface area (Å²) in [5.41, 5.74) is 0.882. The first-order chi connectivity index (χ1) is 9.76. The molecule has 1 aromatic rings. The van der Waals surface area contributed by atoms with Gasteiger partial charge in [-0.25, -0.2) is 0 Å². The molecular weight excluding hydrogens is 268 g/mol. The van der Waals surface area contributed by atoms with Crippen LogP contribution >= 0.6 is 0 Å². The zero-order chi connectivity index (χ0) is 16.0. The van der Waals surface area contributed by atoms with E-state index in [4.69, 9.17) is 4.74 Å². The maximum Gasteiger partial charge on any atom is 0.275 e. The number of hydrogen-bond donors (Lipinski definition) is 1. The molecular formula is C16H26N2O3. The smallest absolute Gasteiger partial charge is 0.275 e. The van der Waals surface area contributed by atoms with Crippen molar-refractivity contribution >= 4 is 11.4 Å². The molecule has 5 nitrogen and oxygen atoms in total. The third-order valence-corrected chi connectivity index (χ3v) is 3.89. The molecule has 21 heavy (non-hydrogen) atoms. The van der Waals surface area contributed by atoms with Crippen molar-refractivity contribution < 1.29 is 9.66 Å². The van der Waals surface area contributed by atoms with E-state index in [1.807, 2.05) is 13.0 Å². The highest BCUT2D eigenvalue weighted by Crippen LogP contribution is 2.29. The summed E-state index contributed by atoms with van der Waals surface area (Å²) in [6, 6.07) is 4.84. The summed E-state index contributed by atoms with van der Waals surface area (Å²) in [7, 11) is 0. The molecule has 0 aliphatic heterocycles. The van der Waals surface area contributed by atoms with Gasteiger partial charge in [-0.05, 0) is 17.8 Å². The van der Waals surface area contributed by atoms with Crippen molar-refractivity contribution in [2.75, 3.05) is 18.5 Å². The largest absolute Gasteiger partial charge is 0.493 e. The Hall–Kier alpha value is -1.78. The minimum Gasteiger partial charge on any atom is -0.493 e. The Bertz CT molecular complexity index is 484. The third kappa shape index (κ3) is 5.25. The van der Waals surface area contributed by atoms with Crippen molar-refractivity contribution in [1.29, 1.82) is 0 Å².